The standard InChI is InChI=1S/C25H38ClN3O5/c1-25(2,3)34-24(31)28-12-10-20(11-13-28)29-15-22(17-33-23(30)27(4)5)32-16-21(29)14-18-6-8-19(26)9-7-18/h6-9,20-22H,10-17H2,1-5H3/t21-,22+/m0/s1. The van der Waals surface area contributed by atoms with E-state index >= 15 is 0 Å². The zero-order chi connectivity index (χ0) is 24.9. The molecule has 2 aliphatic heterocycles. The van der Waals surface area contributed by atoms with Crippen LogP contribution in [-0.2, 0) is 20.6 Å². The smallest absolute Gasteiger partial charge is 0.410 e. The summed E-state index contributed by atoms with van der Waals surface area (Å²) in [6, 6.07) is 8.43. The number of hydrogen-bond donors (Lipinski definition) is 0. The van der Waals surface area contributed by atoms with Crippen molar-refractivity contribution in [3.05, 3.63) is 34.9 Å². The molecule has 0 aromatic heterocycles. The van der Waals surface area contributed by atoms with Crippen LogP contribution in [0.2, 0.25) is 5.02 Å². The minimum absolute atomic E-state index is 0.186. The van der Waals surface area contributed by atoms with E-state index in [-0.39, 0.29) is 30.9 Å². The molecular formula is C25H38ClN3O5. The van der Waals surface area contributed by atoms with Gasteiger partial charge in [0.05, 0.1) is 6.61 Å². The molecule has 1 aromatic rings. The fraction of sp³-hybridized carbons (Fsp3) is 0.680. The molecule has 2 atom stereocenters. The number of carbonyl (C=O) groups excluding carboxylic acids is 2. The summed E-state index contributed by atoms with van der Waals surface area (Å²) in [5, 5.41) is 0.720. The van der Waals surface area contributed by atoms with Crippen molar-refractivity contribution in [1.29, 1.82) is 0 Å². The zero-order valence-electron chi connectivity index (χ0n) is 21.0. The summed E-state index contributed by atoms with van der Waals surface area (Å²) in [7, 11) is 3.33. The molecule has 3 rings (SSSR count). The van der Waals surface area contributed by atoms with Crippen LogP contribution in [0, 0.1) is 0 Å². The topological polar surface area (TPSA) is 71.6 Å². The number of halogens is 1. The first-order chi connectivity index (χ1) is 16.0. The lowest BCUT2D eigenvalue weighted by Crippen LogP contribution is -2.58. The Bertz CT molecular complexity index is 819. The maximum absolute atomic E-state index is 12.5. The molecule has 2 aliphatic rings. The highest BCUT2D eigenvalue weighted by molar-refractivity contribution is 6.30. The van der Waals surface area contributed by atoms with E-state index in [1.54, 1.807) is 19.0 Å². The molecule has 0 N–H and O–H groups in total. The summed E-state index contributed by atoms with van der Waals surface area (Å²) in [5.41, 5.74) is 0.700. The molecule has 0 bridgehead atoms. The van der Waals surface area contributed by atoms with Gasteiger partial charge in [0, 0.05) is 50.8 Å². The number of likely N-dealkylation sites (tertiary alicyclic amines) is 1. The highest BCUT2D eigenvalue weighted by Gasteiger charge is 2.37. The molecule has 9 heteroatoms. The molecule has 0 radical (unpaired) electrons. The van der Waals surface area contributed by atoms with Crippen molar-refractivity contribution in [3.8, 4) is 0 Å². The van der Waals surface area contributed by atoms with Crippen molar-refractivity contribution in [2.45, 2.75) is 63.8 Å². The van der Waals surface area contributed by atoms with Gasteiger partial charge >= 0.3 is 12.2 Å². The minimum Gasteiger partial charge on any atom is -0.447 e. The highest BCUT2D eigenvalue weighted by atomic mass is 35.5. The predicted molar refractivity (Wildman–Crippen MR) is 131 cm³/mol. The molecule has 0 unspecified atom stereocenters. The first-order valence-electron chi connectivity index (χ1n) is 12.0. The molecular weight excluding hydrogens is 458 g/mol. The van der Waals surface area contributed by atoms with Crippen molar-refractivity contribution in [2.24, 2.45) is 0 Å². The molecule has 190 valence electrons. The Morgan fingerprint density at radius 1 is 1.15 bits per heavy atom. The third kappa shape index (κ3) is 7.75. The van der Waals surface area contributed by atoms with Gasteiger partial charge < -0.3 is 24.0 Å². The van der Waals surface area contributed by atoms with E-state index < -0.39 is 5.60 Å². The molecule has 8 nitrogen and oxygen atoms in total. The molecule has 0 saturated carbocycles. The van der Waals surface area contributed by atoms with Crippen LogP contribution in [0.5, 0.6) is 0 Å². The summed E-state index contributed by atoms with van der Waals surface area (Å²) in [6.45, 7) is 8.42. The van der Waals surface area contributed by atoms with Crippen LogP contribution in [-0.4, -0.2) is 97.6 Å². The summed E-state index contributed by atoms with van der Waals surface area (Å²) in [5.74, 6) is 0. The minimum atomic E-state index is -0.501. The number of rotatable bonds is 5. The number of amides is 2. The number of piperidine rings is 1. The Morgan fingerprint density at radius 2 is 1.79 bits per heavy atom. The molecule has 2 saturated heterocycles. The second kappa shape index (κ2) is 11.6. The van der Waals surface area contributed by atoms with Crippen molar-refractivity contribution >= 4 is 23.8 Å². The van der Waals surface area contributed by atoms with Gasteiger partial charge in [-0.25, -0.2) is 9.59 Å². The van der Waals surface area contributed by atoms with Crippen molar-refractivity contribution in [1.82, 2.24) is 14.7 Å². The summed E-state index contributed by atoms with van der Waals surface area (Å²) in [6.07, 6.45) is 1.76. The third-order valence-electron chi connectivity index (χ3n) is 6.14. The van der Waals surface area contributed by atoms with Crippen molar-refractivity contribution < 1.29 is 23.8 Å². The van der Waals surface area contributed by atoms with Crippen LogP contribution < -0.4 is 0 Å². The zero-order valence-corrected chi connectivity index (χ0v) is 21.7. The van der Waals surface area contributed by atoms with Crippen molar-refractivity contribution in [2.75, 3.05) is 46.9 Å². The van der Waals surface area contributed by atoms with Gasteiger partial charge in [-0.1, -0.05) is 23.7 Å². The van der Waals surface area contributed by atoms with Crippen LogP contribution in [0.3, 0.4) is 0 Å². The number of morpholine rings is 1. The Balaban J connectivity index is 1.64. The number of carbonyl (C=O) groups is 2. The van der Waals surface area contributed by atoms with E-state index in [9.17, 15) is 9.59 Å². The Hall–Kier alpha value is -2.03. The number of benzene rings is 1. The van der Waals surface area contributed by atoms with Crippen LogP contribution in [0.1, 0.15) is 39.2 Å². The van der Waals surface area contributed by atoms with Gasteiger partial charge in [-0.15, -0.1) is 0 Å². The SMILES string of the molecule is CN(C)C(=O)OC[C@H]1CN(C2CCN(C(=O)OC(C)(C)C)CC2)[C@@H](Cc2ccc(Cl)cc2)CO1. The lowest BCUT2D eigenvalue weighted by Gasteiger charge is -2.46. The van der Waals surface area contributed by atoms with E-state index in [0.29, 0.717) is 32.3 Å². The first-order valence-corrected chi connectivity index (χ1v) is 12.3. The van der Waals surface area contributed by atoms with Gasteiger partial charge in [-0.3, -0.25) is 4.90 Å². The highest BCUT2D eigenvalue weighted by Crippen LogP contribution is 2.26. The van der Waals surface area contributed by atoms with E-state index in [1.807, 2.05) is 32.9 Å². The first kappa shape index (κ1) is 26.6. The fourth-order valence-electron chi connectivity index (χ4n) is 4.40. The molecule has 2 fully saturated rings. The number of nitrogens with zero attached hydrogens (tertiary/aromatic N) is 3. The maximum Gasteiger partial charge on any atom is 0.410 e. The second-order valence-corrected chi connectivity index (χ2v) is 10.7. The molecule has 2 amide bonds. The molecule has 0 aliphatic carbocycles. The van der Waals surface area contributed by atoms with Gasteiger partial charge in [-0.2, -0.15) is 0 Å². The molecule has 2 heterocycles. The van der Waals surface area contributed by atoms with Gasteiger partial charge in [0.15, 0.2) is 0 Å². The Morgan fingerprint density at radius 3 is 2.38 bits per heavy atom. The summed E-state index contributed by atoms with van der Waals surface area (Å²) >= 11 is 6.06. The second-order valence-electron chi connectivity index (χ2n) is 10.3. The lowest BCUT2D eigenvalue weighted by molar-refractivity contribution is -0.104. The average Bonchev–Trinajstić information content (AvgIpc) is 2.78. The quantitative estimate of drug-likeness (QED) is 0.613. The van der Waals surface area contributed by atoms with E-state index in [0.717, 1.165) is 24.3 Å². The van der Waals surface area contributed by atoms with Gasteiger partial charge in [0.1, 0.15) is 18.3 Å². The summed E-state index contributed by atoms with van der Waals surface area (Å²) < 4.78 is 17.0. The number of hydrogen-bond acceptors (Lipinski definition) is 6. The normalized spacial score (nSPS) is 22.4. The van der Waals surface area contributed by atoms with E-state index in [1.165, 1.54) is 10.5 Å². The van der Waals surface area contributed by atoms with Gasteiger partial charge in [0.25, 0.3) is 0 Å². The number of ether oxygens (including phenoxy) is 3. The predicted octanol–water partition coefficient (Wildman–Crippen LogP) is 4.05. The van der Waals surface area contributed by atoms with E-state index in [2.05, 4.69) is 17.0 Å². The molecule has 34 heavy (non-hydrogen) atoms. The monoisotopic (exact) mass is 495 g/mol. The van der Waals surface area contributed by atoms with Crippen LogP contribution >= 0.6 is 11.6 Å². The largest absolute Gasteiger partial charge is 0.447 e. The Labute approximate surface area is 208 Å². The maximum atomic E-state index is 12.5. The van der Waals surface area contributed by atoms with Gasteiger partial charge in [0.2, 0.25) is 0 Å². The summed E-state index contributed by atoms with van der Waals surface area (Å²) in [4.78, 5) is 30.1. The van der Waals surface area contributed by atoms with Crippen LogP contribution in [0.4, 0.5) is 9.59 Å². The van der Waals surface area contributed by atoms with Gasteiger partial charge in [-0.05, 0) is 57.7 Å². The average molecular weight is 496 g/mol. The fourth-order valence-corrected chi connectivity index (χ4v) is 4.52. The van der Waals surface area contributed by atoms with Crippen LogP contribution in [0.25, 0.3) is 0 Å². The Kier molecular flexibility index (Phi) is 9.07. The molecule has 0 spiro atoms. The third-order valence-corrected chi connectivity index (χ3v) is 6.39. The van der Waals surface area contributed by atoms with E-state index in [4.69, 9.17) is 25.8 Å². The van der Waals surface area contributed by atoms with Crippen LogP contribution in [0.15, 0.2) is 24.3 Å². The molecule has 1 aromatic carbocycles. The lowest BCUT2D eigenvalue weighted by atomic mass is 9.96. The van der Waals surface area contributed by atoms with Crippen molar-refractivity contribution in [3.63, 3.8) is 0 Å².